The van der Waals surface area contributed by atoms with E-state index in [-0.39, 0.29) is 5.91 Å². The minimum atomic E-state index is 0.0974. The van der Waals surface area contributed by atoms with Gasteiger partial charge in [-0.25, -0.2) is 4.98 Å². The van der Waals surface area contributed by atoms with Gasteiger partial charge in [-0.1, -0.05) is 46.3 Å². The van der Waals surface area contributed by atoms with Crippen LogP contribution in [0.1, 0.15) is 16.8 Å². The Labute approximate surface area is 167 Å². The van der Waals surface area contributed by atoms with Gasteiger partial charge < -0.3 is 9.80 Å². The van der Waals surface area contributed by atoms with E-state index in [9.17, 15) is 4.79 Å². The zero-order valence-corrected chi connectivity index (χ0v) is 16.9. The van der Waals surface area contributed by atoms with E-state index in [0.29, 0.717) is 0 Å². The average molecular weight is 424 g/mol. The Morgan fingerprint density at radius 2 is 1.85 bits per heavy atom. The van der Waals surface area contributed by atoms with Crippen LogP contribution in [-0.2, 0) is 0 Å². The van der Waals surface area contributed by atoms with Crippen LogP contribution in [0.2, 0.25) is 0 Å². The van der Waals surface area contributed by atoms with Crippen LogP contribution in [0.4, 0.5) is 0 Å². The number of pyridine rings is 1. The number of fused-ring (bicyclic) bond motifs is 1. The largest absolute Gasteiger partial charge is 0.337 e. The minimum Gasteiger partial charge on any atom is -0.337 e. The van der Waals surface area contributed by atoms with Gasteiger partial charge in [-0.05, 0) is 44.3 Å². The second kappa shape index (κ2) is 7.79. The highest BCUT2D eigenvalue weighted by atomic mass is 79.9. The van der Waals surface area contributed by atoms with Crippen molar-refractivity contribution in [1.82, 2.24) is 14.8 Å². The number of nitrogens with zero attached hydrogens (tertiary/aromatic N) is 3. The van der Waals surface area contributed by atoms with Crippen LogP contribution < -0.4 is 0 Å². The van der Waals surface area contributed by atoms with Gasteiger partial charge in [0.05, 0.1) is 16.8 Å². The van der Waals surface area contributed by atoms with Crippen LogP contribution in [0.5, 0.6) is 0 Å². The van der Waals surface area contributed by atoms with Gasteiger partial charge in [-0.2, -0.15) is 0 Å². The first-order valence-corrected chi connectivity index (χ1v) is 10.0. The van der Waals surface area contributed by atoms with E-state index in [1.54, 1.807) is 0 Å². The lowest BCUT2D eigenvalue weighted by molar-refractivity contribution is 0.0765. The van der Waals surface area contributed by atoms with Gasteiger partial charge in [0.25, 0.3) is 5.91 Å². The van der Waals surface area contributed by atoms with Crippen molar-refractivity contribution in [2.75, 3.05) is 33.2 Å². The second-order valence-corrected chi connectivity index (χ2v) is 7.95. The Morgan fingerprint density at radius 1 is 1.00 bits per heavy atom. The monoisotopic (exact) mass is 423 g/mol. The molecule has 138 valence electrons. The maximum Gasteiger partial charge on any atom is 0.254 e. The van der Waals surface area contributed by atoms with E-state index >= 15 is 0 Å². The van der Waals surface area contributed by atoms with E-state index in [4.69, 9.17) is 4.98 Å². The number of likely N-dealkylation sites (N-methyl/N-ethyl adjacent to an activating group) is 1. The molecule has 0 atom stereocenters. The van der Waals surface area contributed by atoms with Crippen molar-refractivity contribution in [3.05, 3.63) is 64.6 Å². The van der Waals surface area contributed by atoms with Crippen molar-refractivity contribution in [2.24, 2.45) is 0 Å². The SMILES string of the molecule is CN1CCCN(C(=O)c2cc(-c3cccc(Br)c3)nc3ccccc23)CC1. The summed E-state index contributed by atoms with van der Waals surface area (Å²) in [5.41, 5.74) is 3.41. The zero-order chi connectivity index (χ0) is 18.8. The van der Waals surface area contributed by atoms with E-state index < -0.39 is 0 Å². The summed E-state index contributed by atoms with van der Waals surface area (Å²) in [5.74, 6) is 0.0974. The summed E-state index contributed by atoms with van der Waals surface area (Å²) in [5, 5.41) is 0.916. The fourth-order valence-corrected chi connectivity index (χ4v) is 3.97. The Balaban J connectivity index is 1.80. The van der Waals surface area contributed by atoms with Crippen molar-refractivity contribution in [3.63, 3.8) is 0 Å². The van der Waals surface area contributed by atoms with Crippen molar-refractivity contribution in [1.29, 1.82) is 0 Å². The van der Waals surface area contributed by atoms with Crippen molar-refractivity contribution < 1.29 is 4.79 Å². The predicted molar refractivity (Wildman–Crippen MR) is 113 cm³/mol. The highest BCUT2D eigenvalue weighted by Crippen LogP contribution is 2.27. The summed E-state index contributed by atoms with van der Waals surface area (Å²) in [4.78, 5) is 22.5. The summed E-state index contributed by atoms with van der Waals surface area (Å²) in [7, 11) is 2.11. The molecule has 0 spiro atoms. The van der Waals surface area contributed by atoms with Crippen molar-refractivity contribution in [3.8, 4) is 11.3 Å². The highest BCUT2D eigenvalue weighted by molar-refractivity contribution is 9.10. The molecule has 2 heterocycles. The molecule has 0 saturated carbocycles. The standard InChI is InChI=1S/C22H22BrN3O/c1-25-10-5-11-26(13-12-25)22(27)19-15-21(16-6-4-7-17(23)14-16)24-20-9-3-2-8-18(19)20/h2-4,6-9,14-15H,5,10-13H2,1H3. The van der Waals surface area contributed by atoms with E-state index in [0.717, 1.165) is 64.8 Å². The number of hydrogen-bond donors (Lipinski definition) is 0. The normalized spacial score (nSPS) is 15.7. The molecule has 0 aliphatic carbocycles. The highest BCUT2D eigenvalue weighted by Gasteiger charge is 2.22. The van der Waals surface area contributed by atoms with Crippen LogP contribution >= 0.6 is 15.9 Å². The third kappa shape index (κ3) is 3.89. The molecule has 0 bridgehead atoms. The van der Waals surface area contributed by atoms with Gasteiger partial charge >= 0.3 is 0 Å². The maximum atomic E-state index is 13.4. The van der Waals surface area contributed by atoms with E-state index in [1.165, 1.54) is 0 Å². The van der Waals surface area contributed by atoms with Gasteiger partial charge in [-0.3, -0.25) is 4.79 Å². The van der Waals surface area contributed by atoms with Crippen molar-refractivity contribution in [2.45, 2.75) is 6.42 Å². The molecule has 1 aromatic heterocycles. The van der Waals surface area contributed by atoms with Gasteiger partial charge in [-0.15, -0.1) is 0 Å². The molecule has 0 radical (unpaired) electrons. The van der Waals surface area contributed by atoms with Gasteiger partial charge in [0, 0.05) is 35.1 Å². The molecule has 0 N–H and O–H groups in total. The van der Waals surface area contributed by atoms with Gasteiger partial charge in [0.1, 0.15) is 0 Å². The van der Waals surface area contributed by atoms with Crippen LogP contribution in [0.25, 0.3) is 22.2 Å². The Hall–Kier alpha value is -2.24. The number of hydrogen-bond acceptors (Lipinski definition) is 3. The lowest BCUT2D eigenvalue weighted by Crippen LogP contribution is -2.34. The molecule has 0 unspecified atom stereocenters. The molecule has 1 fully saturated rings. The maximum absolute atomic E-state index is 13.4. The summed E-state index contributed by atoms with van der Waals surface area (Å²) < 4.78 is 0.999. The zero-order valence-electron chi connectivity index (χ0n) is 15.4. The number of benzene rings is 2. The van der Waals surface area contributed by atoms with Crippen molar-refractivity contribution >= 4 is 32.7 Å². The van der Waals surface area contributed by atoms with E-state index in [1.807, 2.05) is 59.5 Å². The smallest absolute Gasteiger partial charge is 0.254 e. The molecule has 4 rings (SSSR count). The third-order valence-corrected chi connectivity index (χ3v) is 5.57. The third-order valence-electron chi connectivity index (χ3n) is 5.07. The van der Waals surface area contributed by atoms with Crippen LogP contribution in [0.15, 0.2) is 59.1 Å². The number of carbonyl (C=O) groups is 1. The molecular weight excluding hydrogens is 402 g/mol. The summed E-state index contributed by atoms with van der Waals surface area (Å²) in [6.45, 7) is 3.50. The molecular formula is C22H22BrN3O. The second-order valence-electron chi connectivity index (χ2n) is 7.03. The number of rotatable bonds is 2. The molecule has 27 heavy (non-hydrogen) atoms. The number of amides is 1. The van der Waals surface area contributed by atoms with Crippen LogP contribution in [-0.4, -0.2) is 53.9 Å². The number of para-hydroxylation sites is 1. The molecule has 1 aliphatic heterocycles. The molecule has 3 aromatic rings. The first-order valence-electron chi connectivity index (χ1n) is 9.25. The Morgan fingerprint density at radius 3 is 2.70 bits per heavy atom. The molecule has 4 nitrogen and oxygen atoms in total. The van der Waals surface area contributed by atoms with Crippen LogP contribution in [0, 0.1) is 0 Å². The fraction of sp³-hybridized carbons (Fsp3) is 0.273. The molecule has 1 amide bonds. The molecule has 5 heteroatoms. The van der Waals surface area contributed by atoms with Gasteiger partial charge in [0.15, 0.2) is 0 Å². The lowest BCUT2D eigenvalue weighted by atomic mass is 10.0. The first-order chi connectivity index (χ1) is 13.1. The average Bonchev–Trinajstić information content (AvgIpc) is 2.91. The number of halogens is 1. The lowest BCUT2D eigenvalue weighted by Gasteiger charge is -2.22. The summed E-state index contributed by atoms with van der Waals surface area (Å²) in [6.07, 6.45) is 1.00. The number of aromatic nitrogens is 1. The van der Waals surface area contributed by atoms with Crippen LogP contribution in [0.3, 0.4) is 0 Å². The fourth-order valence-electron chi connectivity index (χ4n) is 3.57. The topological polar surface area (TPSA) is 36.4 Å². The number of carbonyl (C=O) groups excluding carboxylic acids is 1. The molecule has 2 aromatic carbocycles. The first kappa shape index (κ1) is 18.1. The van der Waals surface area contributed by atoms with Gasteiger partial charge in [0.2, 0.25) is 0 Å². The Kier molecular flexibility index (Phi) is 5.23. The molecule has 1 aliphatic rings. The summed E-state index contributed by atoms with van der Waals surface area (Å²) >= 11 is 3.53. The minimum absolute atomic E-state index is 0.0974. The molecule has 1 saturated heterocycles. The summed E-state index contributed by atoms with van der Waals surface area (Å²) in [6, 6.07) is 17.9. The van der Waals surface area contributed by atoms with E-state index in [2.05, 4.69) is 27.9 Å². The quantitative estimate of drug-likeness (QED) is 0.610. The Bertz CT molecular complexity index is 988. The predicted octanol–water partition coefficient (Wildman–Crippen LogP) is 4.44.